The minimum absolute atomic E-state index is 0.0200. The van der Waals surface area contributed by atoms with Crippen LogP contribution in [0.5, 0.6) is 0 Å². The number of hydrogen-bond acceptors (Lipinski definition) is 2. The molecule has 0 aromatic heterocycles. The highest BCUT2D eigenvalue weighted by atomic mass is 16.2. The Labute approximate surface area is 122 Å². The SMILES string of the molecule is CCC[C@@H](N)C(=O)NC(CC(C)(C)C)c1ccccc1. The van der Waals surface area contributed by atoms with Crippen molar-refractivity contribution in [1.82, 2.24) is 5.32 Å². The first kappa shape index (κ1) is 16.7. The van der Waals surface area contributed by atoms with Crippen LogP contribution >= 0.6 is 0 Å². The molecule has 1 amide bonds. The molecule has 0 aliphatic rings. The Bertz CT molecular complexity index is 409. The number of benzene rings is 1. The number of rotatable bonds is 6. The summed E-state index contributed by atoms with van der Waals surface area (Å²) >= 11 is 0. The third-order valence-electron chi connectivity index (χ3n) is 3.27. The van der Waals surface area contributed by atoms with Crippen LogP contribution in [0.3, 0.4) is 0 Å². The molecule has 0 fully saturated rings. The molecule has 0 bridgehead atoms. The molecule has 1 rings (SSSR count). The molecule has 0 spiro atoms. The lowest BCUT2D eigenvalue weighted by Gasteiger charge is -2.28. The molecular formula is C17H28N2O. The van der Waals surface area contributed by atoms with Gasteiger partial charge in [0.15, 0.2) is 0 Å². The van der Waals surface area contributed by atoms with E-state index in [1.54, 1.807) is 0 Å². The Balaban J connectivity index is 2.81. The van der Waals surface area contributed by atoms with Crippen molar-refractivity contribution in [2.24, 2.45) is 11.1 Å². The van der Waals surface area contributed by atoms with Gasteiger partial charge < -0.3 is 11.1 Å². The summed E-state index contributed by atoms with van der Waals surface area (Å²) < 4.78 is 0. The predicted octanol–water partition coefficient (Wildman–Crippen LogP) is 3.41. The molecule has 0 heterocycles. The maximum absolute atomic E-state index is 12.2. The zero-order valence-electron chi connectivity index (χ0n) is 13.1. The molecule has 0 aliphatic heterocycles. The second-order valence-corrected chi connectivity index (χ2v) is 6.63. The van der Waals surface area contributed by atoms with Gasteiger partial charge in [-0.25, -0.2) is 0 Å². The molecule has 1 aromatic carbocycles. The summed E-state index contributed by atoms with van der Waals surface area (Å²) in [4.78, 5) is 12.2. The molecule has 3 N–H and O–H groups in total. The molecule has 1 aromatic rings. The zero-order chi connectivity index (χ0) is 15.2. The van der Waals surface area contributed by atoms with E-state index < -0.39 is 6.04 Å². The van der Waals surface area contributed by atoms with Gasteiger partial charge in [0.25, 0.3) is 0 Å². The van der Waals surface area contributed by atoms with Crippen molar-refractivity contribution in [2.75, 3.05) is 0 Å². The Morgan fingerprint density at radius 3 is 2.35 bits per heavy atom. The molecule has 0 saturated carbocycles. The van der Waals surface area contributed by atoms with Crippen molar-refractivity contribution in [2.45, 2.75) is 59.0 Å². The fourth-order valence-corrected chi connectivity index (χ4v) is 2.27. The number of carbonyl (C=O) groups is 1. The third kappa shape index (κ3) is 5.74. The lowest BCUT2D eigenvalue weighted by Crippen LogP contribution is -2.42. The first-order valence-electron chi connectivity index (χ1n) is 7.44. The van der Waals surface area contributed by atoms with E-state index >= 15 is 0 Å². The van der Waals surface area contributed by atoms with Gasteiger partial charge in [0.05, 0.1) is 12.1 Å². The van der Waals surface area contributed by atoms with E-state index in [0.29, 0.717) is 0 Å². The molecule has 20 heavy (non-hydrogen) atoms. The summed E-state index contributed by atoms with van der Waals surface area (Å²) in [5.74, 6) is -0.0510. The van der Waals surface area contributed by atoms with Crippen molar-refractivity contribution < 1.29 is 4.79 Å². The van der Waals surface area contributed by atoms with E-state index in [-0.39, 0.29) is 17.4 Å². The van der Waals surface area contributed by atoms with Crippen LogP contribution in [0, 0.1) is 5.41 Å². The summed E-state index contributed by atoms with van der Waals surface area (Å²) in [7, 11) is 0. The lowest BCUT2D eigenvalue weighted by molar-refractivity contribution is -0.123. The van der Waals surface area contributed by atoms with Crippen LogP contribution in [-0.2, 0) is 4.79 Å². The lowest BCUT2D eigenvalue weighted by atomic mass is 9.85. The average molecular weight is 276 g/mol. The van der Waals surface area contributed by atoms with Crippen molar-refractivity contribution in [3.63, 3.8) is 0 Å². The van der Waals surface area contributed by atoms with E-state index in [1.807, 2.05) is 25.1 Å². The molecule has 0 radical (unpaired) electrons. The van der Waals surface area contributed by atoms with Crippen molar-refractivity contribution >= 4 is 5.91 Å². The number of nitrogens with two attached hydrogens (primary N) is 1. The van der Waals surface area contributed by atoms with Crippen molar-refractivity contribution in [3.05, 3.63) is 35.9 Å². The Morgan fingerprint density at radius 1 is 1.25 bits per heavy atom. The van der Waals surface area contributed by atoms with Gasteiger partial charge in [-0.3, -0.25) is 4.79 Å². The molecule has 112 valence electrons. The summed E-state index contributed by atoms with van der Waals surface area (Å²) in [6.07, 6.45) is 2.54. The predicted molar refractivity (Wildman–Crippen MR) is 84.3 cm³/mol. The fraction of sp³-hybridized carbons (Fsp3) is 0.588. The van der Waals surface area contributed by atoms with E-state index in [4.69, 9.17) is 5.73 Å². The Hall–Kier alpha value is -1.35. The second kappa shape index (κ2) is 7.44. The monoisotopic (exact) mass is 276 g/mol. The molecule has 1 unspecified atom stereocenters. The van der Waals surface area contributed by atoms with Crippen LogP contribution in [0.1, 0.15) is 58.6 Å². The van der Waals surface area contributed by atoms with Crippen molar-refractivity contribution in [3.8, 4) is 0 Å². The van der Waals surface area contributed by atoms with Gasteiger partial charge in [0, 0.05) is 0 Å². The number of carbonyl (C=O) groups excluding carboxylic acids is 1. The van der Waals surface area contributed by atoms with Gasteiger partial charge in [0.2, 0.25) is 5.91 Å². The minimum Gasteiger partial charge on any atom is -0.348 e. The van der Waals surface area contributed by atoms with E-state index in [9.17, 15) is 4.79 Å². The van der Waals surface area contributed by atoms with Gasteiger partial charge in [-0.05, 0) is 23.8 Å². The van der Waals surface area contributed by atoms with Gasteiger partial charge in [-0.2, -0.15) is 0 Å². The van der Waals surface area contributed by atoms with Gasteiger partial charge in [0.1, 0.15) is 0 Å². The minimum atomic E-state index is -0.411. The van der Waals surface area contributed by atoms with Crippen LogP contribution in [0.2, 0.25) is 0 Å². The van der Waals surface area contributed by atoms with E-state index in [1.165, 1.54) is 0 Å². The average Bonchev–Trinajstić information content (AvgIpc) is 2.37. The van der Waals surface area contributed by atoms with Crippen molar-refractivity contribution in [1.29, 1.82) is 0 Å². The van der Waals surface area contributed by atoms with E-state index in [2.05, 4.69) is 38.2 Å². The first-order chi connectivity index (χ1) is 9.33. The fourth-order valence-electron chi connectivity index (χ4n) is 2.27. The molecule has 0 aliphatic carbocycles. The number of nitrogens with one attached hydrogen (secondary N) is 1. The maximum atomic E-state index is 12.2. The Kier molecular flexibility index (Phi) is 6.21. The summed E-state index contributed by atoms with van der Waals surface area (Å²) in [6.45, 7) is 8.58. The zero-order valence-corrected chi connectivity index (χ0v) is 13.1. The molecular weight excluding hydrogens is 248 g/mol. The number of amides is 1. The molecule has 0 saturated heterocycles. The molecule has 2 atom stereocenters. The van der Waals surface area contributed by atoms with Crippen LogP contribution in [0.4, 0.5) is 0 Å². The van der Waals surface area contributed by atoms with Crippen LogP contribution in [0.25, 0.3) is 0 Å². The first-order valence-corrected chi connectivity index (χ1v) is 7.44. The van der Waals surface area contributed by atoms with Gasteiger partial charge in [-0.1, -0.05) is 64.4 Å². The highest BCUT2D eigenvalue weighted by Gasteiger charge is 2.23. The number of hydrogen-bond donors (Lipinski definition) is 2. The highest BCUT2D eigenvalue weighted by Crippen LogP contribution is 2.29. The summed E-state index contributed by atoms with van der Waals surface area (Å²) in [5, 5.41) is 3.11. The van der Waals surface area contributed by atoms with Crippen LogP contribution in [0.15, 0.2) is 30.3 Å². The normalized spacial score (nSPS) is 14.7. The van der Waals surface area contributed by atoms with Gasteiger partial charge in [-0.15, -0.1) is 0 Å². The Morgan fingerprint density at radius 2 is 1.85 bits per heavy atom. The highest BCUT2D eigenvalue weighted by molar-refractivity contribution is 5.81. The molecule has 3 nitrogen and oxygen atoms in total. The summed E-state index contributed by atoms with van der Waals surface area (Å²) in [5.41, 5.74) is 7.19. The second-order valence-electron chi connectivity index (χ2n) is 6.63. The van der Waals surface area contributed by atoms with Crippen LogP contribution in [-0.4, -0.2) is 11.9 Å². The molecule has 3 heteroatoms. The summed E-state index contributed by atoms with van der Waals surface area (Å²) in [6, 6.07) is 9.72. The quantitative estimate of drug-likeness (QED) is 0.836. The smallest absolute Gasteiger partial charge is 0.237 e. The third-order valence-corrected chi connectivity index (χ3v) is 3.27. The van der Waals surface area contributed by atoms with Crippen LogP contribution < -0.4 is 11.1 Å². The van der Waals surface area contributed by atoms with Gasteiger partial charge >= 0.3 is 0 Å². The van der Waals surface area contributed by atoms with E-state index in [0.717, 1.165) is 24.8 Å². The largest absolute Gasteiger partial charge is 0.348 e. The standard InChI is InChI=1S/C17H28N2O/c1-5-9-14(18)16(20)19-15(12-17(2,3)4)13-10-7-6-8-11-13/h6-8,10-11,14-15H,5,9,12,18H2,1-4H3,(H,19,20)/t14-,15?/m1/s1. The maximum Gasteiger partial charge on any atom is 0.237 e. The topological polar surface area (TPSA) is 55.1 Å².